The van der Waals surface area contributed by atoms with Crippen LogP contribution in [0, 0.1) is 13.8 Å². The van der Waals surface area contributed by atoms with E-state index >= 15 is 0 Å². The highest BCUT2D eigenvalue weighted by Crippen LogP contribution is 2.23. The molecule has 1 heterocycles. The molecular weight excluding hydrogens is 456 g/mol. The lowest BCUT2D eigenvalue weighted by Gasteiger charge is -2.16. The van der Waals surface area contributed by atoms with Crippen molar-refractivity contribution in [2.45, 2.75) is 38.3 Å². The monoisotopic (exact) mass is 482 g/mol. The predicted molar refractivity (Wildman–Crippen MR) is 133 cm³/mol. The second-order valence-corrected chi connectivity index (χ2v) is 10.9. The van der Waals surface area contributed by atoms with Gasteiger partial charge in [-0.3, -0.25) is 9.36 Å². The fourth-order valence-electron chi connectivity index (χ4n) is 3.52. The van der Waals surface area contributed by atoms with E-state index in [9.17, 15) is 13.2 Å². The Bertz CT molecular complexity index is 1440. The first kappa shape index (κ1) is 23.2. The Balaban J connectivity index is 1.49. The van der Waals surface area contributed by atoms with Gasteiger partial charge in [-0.1, -0.05) is 47.7 Å². The average molecular weight is 483 g/mol. The molecule has 33 heavy (non-hydrogen) atoms. The maximum Gasteiger partial charge on any atom is 0.308 e. The largest absolute Gasteiger partial charge is 0.492 e. The Hall–Kier alpha value is -2.94. The molecule has 0 aliphatic rings. The zero-order valence-electron chi connectivity index (χ0n) is 18.7. The normalized spacial score (nSPS) is 12.7. The van der Waals surface area contributed by atoms with Crippen LogP contribution in [0.15, 0.2) is 76.4 Å². The topological polar surface area (TPSA) is 77.4 Å². The molecule has 0 unspecified atom stereocenters. The molecule has 4 aromatic rings. The van der Waals surface area contributed by atoms with Gasteiger partial charge >= 0.3 is 4.87 Å². The highest BCUT2D eigenvalue weighted by molar-refractivity contribution is 7.89. The van der Waals surface area contributed by atoms with E-state index in [1.54, 1.807) is 23.6 Å². The third-order valence-electron chi connectivity index (χ3n) is 5.47. The second kappa shape index (κ2) is 9.51. The Kier molecular flexibility index (Phi) is 6.69. The van der Waals surface area contributed by atoms with Crippen molar-refractivity contribution >= 4 is 31.6 Å². The van der Waals surface area contributed by atoms with Gasteiger partial charge in [0.2, 0.25) is 10.0 Å². The van der Waals surface area contributed by atoms with Crippen molar-refractivity contribution in [2.75, 3.05) is 6.61 Å². The first-order valence-corrected chi connectivity index (χ1v) is 12.9. The summed E-state index contributed by atoms with van der Waals surface area (Å²) in [6.07, 6.45) is 0. The van der Waals surface area contributed by atoms with E-state index in [0.717, 1.165) is 28.0 Å². The molecule has 1 aromatic heterocycles. The lowest BCUT2D eigenvalue weighted by atomic mass is 10.1. The van der Waals surface area contributed by atoms with E-state index < -0.39 is 16.1 Å². The van der Waals surface area contributed by atoms with Crippen molar-refractivity contribution < 1.29 is 13.2 Å². The molecule has 4 rings (SSSR count). The van der Waals surface area contributed by atoms with Crippen LogP contribution in [-0.2, 0) is 16.6 Å². The van der Waals surface area contributed by atoms with Gasteiger partial charge in [0.05, 0.1) is 27.7 Å². The molecule has 0 spiro atoms. The molecule has 1 atom stereocenters. The number of aromatic nitrogens is 1. The van der Waals surface area contributed by atoms with E-state index in [1.165, 1.54) is 11.6 Å². The van der Waals surface area contributed by atoms with Gasteiger partial charge in [0.25, 0.3) is 0 Å². The third kappa shape index (κ3) is 5.35. The Morgan fingerprint density at radius 3 is 2.48 bits per heavy atom. The summed E-state index contributed by atoms with van der Waals surface area (Å²) in [5, 5.41) is 0. The van der Waals surface area contributed by atoms with Crippen molar-refractivity contribution in [3.63, 3.8) is 0 Å². The standard InChI is InChI=1S/C25H26N2O4S2/c1-17-9-10-21(13-18(17)2)31-16-19(3)26-33(29,30)22-11-12-23-24(14-22)32-25(28)27(23)15-20-7-5-4-6-8-20/h4-14,19,26H,15-16H2,1-3H3/t19-/m1/s1. The summed E-state index contributed by atoms with van der Waals surface area (Å²) in [6.45, 7) is 6.43. The third-order valence-corrected chi connectivity index (χ3v) is 8.00. The number of thiazole rings is 1. The number of sulfonamides is 1. The van der Waals surface area contributed by atoms with Crippen molar-refractivity contribution in [1.82, 2.24) is 9.29 Å². The minimum Gasteiger partial charge on any atom is -0.492 e. The van der Waals surface area contributed by atoms with Crippen LogP contribution in [-0.4, -0.2) is 25.6 Å². The number of nitrogens with one attached hydrogen (secondary N) is 1. The number of nitrogens with zero attached hydrogens (tertiary/aromatic N) is 1. The van der Waals surface area contributed by atoms with Gasteiger partial charge < -0.3 is 4.74 Å². The lowest BCUT2D eigenvalue weighted by molar-refractivity contribution is 0.287. The van der Waals surface area contributed by atoms with Crippen LogP contribution in [0.5, 0.6) is 5.75 Å². The maximum atomic E-state index is 12.9. The number of rotatable bonds is 8. The van der Waals surface area contributed by atoms with E-state index in [-0.39, 0.29) is 16.4 Å². The van der Waals surface area contributed by atoms with Gasteiger partial charge in [0.1, 0.15) is 12.4 Å². The predicted octanol–water partition coefficient (Wildman–Crippen LogP) is 4.47. The molecule has 172 valence electrons. The van der Waals surface area contributed by atoms with E-state index in [1.807, 2.05) is 62.4 Å². The molecule has 0 bridgehead atoms. The quantitative estimate of drug-likeness (QED) is 0.402. The molecule has 1 N–H and O–H groups in total. The first-order valence-electron chi connectivity index (χ1n) is 10.6. The zero-order valence-corrected chi connectivity index (χ0v) is 20.4. The van der Waals surface area contributed by atoms with Gasteiger partial charge in [-0.2, -0.15) is 0 Å². The van der Waals surface area contributed by atoms with Crippen LogP contribution < -0.4 is 14.3 Å². The molecule has 0 radical (unpaired) electrons. The SMILES string of the molecule is Cc1ccc(OC[C@@H](C)NS(=O)(=O)c2ccc3c(c2)sc(=O)n3Cc2ccccc2)cc1C. The Morgan fingerprint density at radius 2 is 1.76 bits per heavy atom. The Morgan fingerprint density at radius 1 is 1.00 bits per heavy atom. The fraction of sp³-hybridized carbons (Fsp3) is 0.240. The number of hydrogen-bond donors (Lipinski definition) is 1. The molecule has 6 nitrogen and oxygen atoms in total. The highest BCUT2D eigenvalue weighted by Gasteiger charge is 2.20. The Labute approximate surface area is 197 Å². The number of aryl methyl sites for hydroxylation is 2. The first-order chi connectivity index (χ1) is 15.7. The molecule has 0 aliphatic carbocycles. The van der Waals surface area contributed by atoms with Crippen LogP contribution in [0.3, 0.4) is 0 Å². The van der Waals surface area contributed by atoms with Crippen LogP contribution in [0.4, 0.5) is 0 Å². The molecule has 0 amide bonds. The minimum absolute atomic E-state index is 0.119. The molecule has 3 aromatic carbocycles. The van der Waals surface area contributed by atoms with Crippen LogP contribution >= 0.6 is 11.3 Å². The van der Waals surface area contributed by atoms with Crippen LogP contribution in [0.25, 0.3) is 10.2 Å². The zero-order chi connectivity index (χ0) is 23.6. The van der Waals surface area contributed by atoms with Crippen molar-refractivity contribution in [2.24, 2.45) is 0 Å². The summed E-state index contributed by atoms with van der Waals surface area (Å²) in [5.41, 5.74) is 4.02. The van der Waals surface area contributed by atoms with Crippen LogP contribution in [0.1, 0.15) is 23.6 Å². The minimum atomic E-state index is -3.77. The summed E-state index contributed by atoms with van der Waals surface area (Å²) >= 11 is 1.05. The molecule has 0 fully saturated rings. The van der Waals surface area contributed by atoms with E-state index in [4.69, 9.17) is 4.74 Å². The molecule has 0 aliphatic heterocycles. The van der Waals surface area contributed by atoms with Gasteiger partial charge in [-0.25, -0.2) is 13.1 Å². The van der Waals surface area contributed by atoms with Crippen molar-refractivity contribution in [3.05, 3.63) is 93.1 Å². The van der Waals surface area contributed by atoms with Gasteiger partial charge in [-0.15, -0.1) is 0 Å². The highest BCUT2D eigenvalue weighted by atomic mass is 32.2. The van der Waals surface area contributed by atoms with E-state index in [2.05, 4.69) is 4.72 Å². The summed E-state index contributed by atoms with van der Waals surface area (Å²) < 4.78 is 36.6. The van der Waals surface area contributed by atoms with Gasteiger partial charge in [-0.05, 0) is 67.8 Å². The van der Waals surface area contributed by atoms with E-state index in [0.29, 0.717) is 17.0 Å². The van der Waals surface area contributed by atoms with Crippen molar-refractivity contribution in [1.29, 1.82) is 0 Å². The number of ether oxygens (including phenoxy) is 1. The molecule has 8 heteroatoms. The smallest absolute Gasteiger partial charge is 0.308 e. The number of fused-ring (bicyclic) bond motifs is 1. The summed E-state index contributed by atoms with van der Waals surface area (Å²) in [4.78, 5) is 12.6. The lowest BCUT2D eigenvalue weighted by Crippen LogP contribution is -2.36. The maximum absolute atomic E-state index is 12.9. The van der Waals surface area contributed by atoms with Gasteiger partial charge in [0, 0.05) is 0 Å². The van der Waals surface area contributed by atoms with Crippen molar-refractivity contribution in [3.8, 4) is 5.75 Å². The fourth-order valence-corrected chi connectivity index (χ4v) is 5.78. The average Bonchev–Trinajstić information content (AvgIpc) is 3.09. The van der Waals surface area contributed by atoms with Gasteiger partial charge in [0.15, 0.2) is 0 Å². The molecular formula is C25H26N2O4S2. The summed E-state index contributed by atoms with van der Waals surface area (Å²) in [5.74, 6) is 0.704. The number of hydrogen-bond acceptors (Lipinski definition) is 5. The molecule has 0 saturated heterocycles. The summed E-state index contributed by atoms with van der Waals surface area (Å²) in [7, 11) is -3.77. The van der Waals surface area contributed by atoms with Crippen LogP contribution in [0.2, 0.25) is 0 Å². The molecule has 0 saturated carbocycles. The number of benzene rings is 3. The summed E-state index contributed by atoms with van der Waals surface area (Å²) in [6, 6.07) is 19.8. The second-order valence-electron chi connectivity index (χ2n) is 8.15.